The minimum atomic E-state index is -3.77. The fraction of sp³-hybridized carbons (Fsp3) is 0.381. The molecule has 34 heavy (non-hydrogen) atoms. The third-order valence-corrected chi connectivity index (χ3v) is 9.05. The highest BCUT2D eigenvalue weighted by atomic mass is 32.2. The van der Waals surface area contributed by atoms with E-state index in [1.165, 1.54) is 75.0 Å². The van der Waals surface area contributed by atoms with Gasteiger partial charge in [-0.15, -0.1) is 0 Å². The van der Waals surface area contributed by atoms with E-state index in [0.717, 1.165) is 8.61 Å². The van der Waals surface area contributed by atoms with Crippen LogP contribution in [0, 0.1) is 0 Å². The number of anilines is 2. The summed E-state index contributed by atoms with van der Waals surface area (Å²) >= 11 is 0. The molecule has 0 aromatic heterocycles. The van der Waals surface area contributed by atoms with Crippen LogP contribution in [0.4, 0.5) is 11.4 Å². The summed E-state index contributed by atoms with van der Waals surface area (Å²) in [6.45, 7) is 1.14. The van der Waals surface area contributed by atoms with Crippen molar-refractivity contribution >= 4 is 37.5 Å². The number of hydrogen-bond acceptors (Lipinski definition) is 7. The number of methoxy groups -OCH3 is 1. The zero-order valence-electron chi connectivity index (χ0n) is 19.4. The van der Waals surface area contributed by atoms with Crippen LogP contribution in [0.3, 0.4) is 0 Å². The van der Waals surface area contributed by atoms with Gasteiger partial charge in [0.25, 0.3) is 5.91 Å². The molecule has 0 spiro atoms. The average molecular weight is 513 g/mol. The smallest absolute Gasteiger partial charge is 0.303 e. The predicted octanol–water partition coefficient (Wildman–Crippen LogP) is 1.21. The van der Waals surface area contributed by atoms with Gasteiger partial charge in [0.15, 0.2) is 0 Å². The maximum absolute atomic E-state index is 13.0. The summed E-state index contributed by atoms with van der Waals surface area (Å²) in [7, 11) is -1.76. The van der Waals surface area contributed by atoms with Crippen molar-refractivity contribution in [3.05, 3.63) is 48.0 Å². The number of rotatable bonds is 8. The maximum Gasteiger partial charge on any atom is 0.303 e. The van der Waals surface area contributed by atoms with E-state index >= 15 is 0 Å². The van der Waals surface area contributed by atoms with Gasteiger partial charge in [0.05, 0.1) is 36.6 Å². The van der Waals surface area contributed by atoms with Gasteiger partial charge in [-0.2, -0.15) is 17.0 Å². The van der Waals surface area contributed by atoms with Gasteiger partial charge in [0.2, 0.25) is 10.0 Å². The van der Waals surface area contributed by atoms with Crippen LogP contribution in [-0.4, -0.2) is 85.9 Å². The molecule has 0 bridgehead atoms. The highest BCUT2D eigenvalue weighted by Crippen LogP contribution is 2.30. The Morgan fingerprint density at radius 3 is 2.18 bits per heavy atom. The fourth-order valence-corrected chi connectivity index (χ4v) is 5.59. The van der Waals surface area contributed by atoms with E-state index in [1.54, 1.807) is 0 Å². The summed E-state index contributed by atoms with van der Waals surface area (Å²) in [5.74, 6) is -0.216. The van der Waals surface area contributed by atoms with E-state index < -0.39 is 26.1 Å². The van der Waals surface area contributed by atoms with E-state index in [0.29, 0.717) is 24.7 Å². The Labute approximate surface area is 200 Å². The van der Waals surface area contributed by atoms with Crippen molar-refractivity contribution in [2.24, 2.45) is 0 Å². The maximum atomic E-state index is 13.0. The van der Waals surface area contributed by atoms with Crippen molar-refractivity contribution in [2.75, 3.05) is 64.2 Å². The van der Waals surface area contributed by atoms with E-state index in [9.17, 15) is 21.6 Å². The van der Waals surface area contributed by atoms with E-state index in [1.807, 2.05) is 0 Å². The second-order valence-electron chi connectivity index (χ2n) is 7.64. The molecule has 0 aliphatic carbocycles. The molecule has 1 amide bonds. The molecule has 1 heterocycles. The number of carbonyl (C=O) groups is 1. The first-order valence-electron chi connectivity index (χ1n) is 10.3. The van der Waals surface area contributed by atoms with Crippen molar-refractivity contribution < 1.29 is 31.1 Å². The summed E-state index contributed by atoms with van der Waals surface area (Å²) in [5.41, 5.74) is 0.822. The molecule has 2 aromatic rings. The predicted molar refractivity (Wildman–Crippen MR) is 128 cm³/mol. The van der Waals surface area contributed by atoms with Crippen LogP contribution in [0.25, 0.3) is 0 Å². The van der Waals surface area contributed by atoms with Crippen LogP contribution in [0.2, 0.25) is 0 Å². The molecule has 0 saturated carbocycles. The Morgan fingerprint density at radius 2 is 1.62 bits per heavy atom. The molecule has 1 fully saturated rings. The molecule has 0 atom stereocenters. The molecule has 13 heteroatoms. The highest BCUT2D eigenvalue weighted by molar-refractivity contribution is 7.90. The van der Waals surface area contributed by atoms with Gasteiger partial charge < -0.3 is 14.8 Å². The topological polar surface area (TPSA) is 126 Å². The summed E-state index contributed by atoms with van der Waals surface area (Å²) in [5, 5.41) is 2.68. The largest absolute Gasteiger partial charge is 0.495 e. The molecule has 0 radical (unpaired) electrons. The standard InChI is InChI=1S/C21H28N4O7S2/c1-23(2)34(29,30)24(3)17-7-5-16(6-8-17)21(26)22-19-15-18(9-10-20(19)31-4)33(27,28)25-11-13-32-14-12-25/h5-10,15H,11-14H2,1-4H3,(H,22,26). The first kappa shape index (κ1) is 25.9. The fourth-order valence-electron chi connectivity index (χ4n) is 3.28. The minimum Gasteiger partial charge on any atom is -0.495 e. The van der Waals surface area contributed by atoms with Crippen molar-refractivity contribution in [2.45, 2.75) is 4.90 Å². The first-order chi connectivity index (χ1) is 16.0. The normalized spacial score (nSPS) is 15.2. The molecule has 1 aliphatic heterocycles. The highest BCUT2D eigenvalue weighted by Gasteiger charge is 2.27. The first-order valence-corrected chi connectivity index (χ1v) is 13.2. The molecule has 11 nitrogen and oxygen atoms in total. The summed E-state index contributed by atoms with van der Waals surface area (Å²) in [4.78, 5) is 12.9. The quantitative estimate of drug-likeness (QED) is 0.564. The number of ether oxygens (including phenoxy) is 2. The molecule has 3 rings (SSSR count). The number of carbonyl (C=O) groups excluding carboxylic acids is 1. The molecule has 2 aromatic carbocycles. The molecule has 1 N–H and O–H groups in total. The van der Waals surface area contributed by atoms with E-state index in [-0.39, 0.29) is 29.2 Å². The monoisotopic (exact) mass is 512 g/mol. The Hall–Kier alpha value is -2.71. The van der Waals surface area contributed by atoms with Gasteiger partial charge in [-0.25, -0.2) is 8.42 Å². The lowest BCUT2D eigenvalue weighted by molar-refractivity contribution is 0.0730. The van der Waals surface area contributed by atoms with Crippen molar-refractivity contribution in [1.29, 1.82) is 0 Å². The Kier molecular flexibility index (Phi) is 7.83. The van der Waals surface area contributed by atoms with Crippen LogP contribution < -0.4 is 14.4 Å². The zero-order chi connectivity index (χ0) is 25.1. The van der Waals surface area contributed by atoms with Gasteiger partial charge in [-0.05, 0) is 42.5 Å². The zero-order valence-corrected chi connectivity index (χ0v) is 21.0. The Bertz CT molecular complexity index is 1240. The summed E-state index contributed by atoms with van der Waals surface area (Å²) < 4.78 is 64.6. The number of nitrogens with one attached hydrogen (secondary N) is 1. The van der Waals surface area contributed by atoms with Crippen LogP contribution in [-0.2, 0) is 25.0 Å². The van der Waals surface area contributed by atoms with Gasteiger partial charge in [0.1, 0.15) is 5.75 Å². The number of morpholine rings is 1. The minimum absolute atomic E-state index is 0.0244. The Balaban J connectivity index is 1.83. The van der Waals surface area contributed by atoms with Crippen LogP contribution in [0.1, 0.15) is 10.4 Å². The number of amides is 1. The van der Waals surface area contributed by atoms with Crippen molar-refractivity contribution in [3.63, 3.8) is 0 Å². The van der Waals surface area contributed by atoms with Gasteiger partial charge >= 0.3 is 10.2 Å². The van der Waals surface area contributed by atoms with Gasteiger partial charge in [0, 0.05) is 39.8 Å². The second kappa shape index (κ2) is 10.3. The van der Waals surface area contributed by atoms with Gasteiger partial charge in [-0.1, -0.05) is 0 Å². The third kappa shape index (κ3) is 5.33. The van der Waals surface area contributed by atoms with Gasteiger partial charge in [-0.3, -0.25) is 9.10 Å². The van der Waals surface area contributed by atoms with Crippen LogP contribution in [0.5, 0.6) is 5.75 Å². The van der Waals surface area contributed by atoms with Crippen LogP contribution >= 0.6 is 0 Å². The molecule has 1 saturated heterocycles. The van der Waals surface area contributed by atoms with E-state index in [4.69, 9.17) is 9.47 Å². The lowest BCUT2D eigenvalue weighted by atomic mass is 10.2. The second-order valence-corrected chi connectivity index (χ2v) is 11.7. The SMILES string of the molecule is COc1ccc(S(=O)(=O)N2CCOCC2)cc1NC(=O)c1ccc(N(C)S(=O)(=O)N(C)C)cc1. The molecule has 0 unspecified atom stereocenters. The Morgan fingerprint density at radius 1 is 1.00 bits per heavy atom. The van der Waals surface area contributed by atoms with Crippen LogP contribution in [0.15, 0.2) is 47.4 Å². The number of benzene rings is 2. The molecular formula is C21H28N4O7S2. The number of nitrogens with zero attached hydrogens (tertiary/aromatic N) is 3. The number of hydrogen-bond donors (Lipinski definition) is 1. The number of sulfonamides is 1. The molecule has 186 valence electrons. The van der Waals surface area contributed by atoms with Crippen molar-refractivity contribution in [3.8, 4) is 5.75 Å². The molecule has 1 aliphatic rings. The summed E-state index contributed by atoms with van der Waals surface area (Å²) in [6.07, 6.45) is 0. The lowest BCUT2D eigenvalue weighted by Gasteiger charge is -2.26. The lowest BCUT2D eigenvalue weighted by Crippen LogP contribution is -2.40. The van der Waals surface area contributed by atoms with Crippen molar-refractivity contribution in [1.82, 2.24) is 8.61 Å². The molecular weight excluding hydrogens is 484 g/mol. The summed E-state index contributed by atoms with van der Waals surface area (Å²) in [6, 6.07) is 10.2. The average Bonchev–Trinajstić information content (AvgIpc) is 2.84. The van der Waals surface area contributed by atoms with E-state index in [2.05, 4.69) is 5.32 Å². The third-order valence-electron chi connectivity index (χ3n) is 5.33.